The number of nitriles is 2. The number of pyridine rings is 2. The van der Waals surface area contributed by atoms with Gasteiger partial charge in [-0.1, -0.05) is 70.1 Å². The minimum atomic E-state index is 0.310. The Morgan fingerprint density at radius 2 is 1.40 bits per heavy atom. The summed E-state index contributed by atoms with van der Waals surface area (Å²) in [6.07, 6.45) is 4.47. The highest BCUT2D eigenvalue weighted by atomic mass is 35.5. The second-order valence-corrected chi connectivity index (χ2v) is 10.4. The van der Waals surface area contributed by atoms with Crippen LogP contribution in [-0.4, -0.2) is 24.9 Å². The fourth-order valence-electron chi connectivity index (χ4n) is 4.24. The van der Waals surface area contributed by atoms with Crippen LogP contribution in [0.2, 0.25) is 25.2 Å². The van der Waals surface area contributed by atoms with Crippen LogP contribution in [0.5, 0.6) is 0 Å². The summed E-state index contributed by atoms with van der Waals surface area (Å²) in [6.45, 7) is 0. The maximum Gasteiger partial charge on any atom is 0.177 e. The lowest BCUT2D eigenvalue weighted by atomic mass is 9.98. The van der Waals surface area contributed by atoms with E-state index in [0.717, 1.165) is 27.0 Å². The molecule has 0 atom stereocenters. The van der Waals surface area contributed by atoms with Gasteiger partial charge in [0.2, 0.25) is 0 Å². The van der Waals surface area contributed by atoms with Crippen molar-refractivity contribution >= 4 is 69.0 Å². The molecule has 2 aliphatic rings. The number of nitrogens with zero attached hydrogens (tertiary/aromatic N) is 5. The Morgan fingerprint density at radius 1 is 0.775 bits per heavy atom. The molecule has 7 nitrogen and oxygen atoms in total. The van der Waals surface area contributed by atoms with Gasteiger partial charge in [-0.15, -0.1) is 0 Å². The number of halogens is 5. The normalized spacial score (nSPS) is 10.7. The smallest absolute Gasteiger partial charge is 0.177 e. The molecule has 0 spiro atoms. The second-order valence-electron chi connectivity index (χ2n) is 8.33. The van der Waals surface area contributed by atoms with Crippen molar-refractivity contribution in [2.75, 3.05) is 0 Å². The third kappa shape index (κ3) is 5.14. The summed E-state index contributed by atoms with van der Waals surface area (Å²) in [4.78, 5) is 11.1. The van der Waals surface area contributed by atoms with E-state index >= 15 is 0 Å². The molecule has 196 valence electrons. The Balaban J connectivity index is 0.000000161. The van der Waals surface area contributed by atoms with Crippen LogP contribution >= 0.6 is 58.0 Å². The molecule has 2 aromatic carbocycles. The molecule has 4 aromatic rings. The summed E-state index contributed by atoms with van der Waals surface area (Å²) >= 11 is 30.3. The van der Waals surface area contributed by atoms with E-state index in [2.05, 4.69) is 27.1 Å². The molecule has 40 heavy (non-hydrogen) atoms. The van der Waals surface area contributed by atoms with E-state index in [1.807, 2.05) is 0 Å². The largest absolute Gasteiger partial charge is 0.427 e. The standard InChI is InChI=1S/C14H6Cl3N3.C14H7Cl2N3O/c15-8-1-2-9(11(16)3-8)10-4-12(17)20-14-13(10)7(5-18)6-19-14;15-9-1-2-10(12(16)5-9)11-3-4-19(20)14-13(11)8(6-17)7-18-14/h1-4,6H,(H,19,20);1-5,7,20H. The lowest BCUT2D eigenvalue weighted by Gasteiger charge is -2.12. The van der Waals surface area contributed by atoms with Gasteiger partial charge >= 0.3 is 0 Å². The zero-order valence-electron chi connectivity index (χ0n) is 19.9. The number of fused-ring (bicyclic) bond motifs is 2. The molecule has 0 amide bonds. The summed E-state index contributed by atoms with van der Waals surface area (Å²) < 4.78 is 0.878. The number of H-pyrrole nitrogens is 1. The van der Waals surface area contributed by atoms with E-state index in [4.69, 9.17) is 63.3 Å². The van der Waals surface area contributed by atoms with Crippen molar-refractivity contribution in [2.24, 2.45) is 0 Å². The summed E-state index contributed by atoms with van der Waals surface area (Å²) in [5.41, 5.74) is 4.93. The molecule has 0 saturated carbocycles. The van der Waals surface area contributed by atoms with Crippen molar-refractivity contribution in [1.82, 2.24) is 19.7 Å². The fourth-order valence-corrected chi connectivity index (χ4v) is 5.46. The molecule has 0 fully saturated rings. The Morgan fingerprint density at radius 3 is 2.00 bits per heavy atom. The average molecular weight is 627 g/mol. The number of benzene rings is 2. The topological polar surface area (TPSA) is 114 Å². The molecule has 0 bridgehead atoms. The highest BCUT2D eigenvalue weighted by molar-refractivity contribution is 6.37. The highest BCUT2D eigenvalue weighted by Gasteiger charge is 2.21. The number of hydrogen-bond donors (Lipinski definition) is 2. The molecular weight excluding hydrogens is 614 g/mol. The first-order valence-electron chi connectivity index (χ1n) is 11.3. The molecular formula is C28H13Cl5N6O. The van der Waals surface area contributed by atoms with E-state index in [0.29, 0.717) is 58.8 Å². The van der Waals surface area contributed by atoms with Gasteiger partial charge in [0.15, 0.2) is 5.82 Å². The summed E-state index contributed by atoms with van der Waals surface area (Å²) in [6, 6.07) is 17.9. The van der Waals surface area contributed by atoms with E-state index in [1.165, 1.54) is 12.4 Å². The van der Waals surface area contributed by atoms with Crippen molar-refractivity contribution in [3.8, 4) is 45.8 Å². The molecule has 2 aliphatic heterocycles. The first-order chi connectivity index (χ1) is 19.2. The van der Waals surface area contributed by atoms with E-state index < -0.39 is 0 Å². The maximum absolute atomic E-state index is 9.76. The monoisotopic (exact) mass is 624 g/mol. The SMILES string of the molecule is N#Cc1c[nH]c2nc(Cl)cc(-c3ccc(Cl)cc3Cl)c12.N#Cc1cnc2n(O)ccc(-c3ccc(Cl)cc3Cl)c1-2. The van der Waals surface area contributed by atoms with Crippen molar-refractivity contribution in [3.05, 3.63) is 103 Å². The second kappa shape index (κ2) is 11.3. The Kier molecular flexibility index (Phi) is 7.78. The third-order valence-electron chi connectivity index (χ3n) is 5.97. The summed E-state index contributed by atoms with van der Waals surface area (Å²) in [7, 11) is 0. The number of aromatic nitrogens is 4. The van der Waals surface area contributed by atoms with Crippen LogP contribution in [0.4, 0.5) is 0 Å². The van der Waals surface area contributed by atoms with Crippen LogP contribution < -0.4 is 0 Å². The zero-order valence-corrected chi connectivity index (χ0v) is 23.7. The van der Waals surface area contributed by atoms with Crippen molar-refractivity contribution in [1.29, 1.82) is 10.5 Å². The van der Waals surface area contributed by atoms with Gasteiger partial charge in [0, 0.05) is 60.8 Å². The molecule has 0 unspecified atom stereocenters. The van der Waals surface area contributed by atoms with Crippen LogP contribution in [0.15, 0.2) is 67.1 Å². The molecule has 4 heterocycles. The van der Waals surface area contributed by atoms with Gasteiger partial charge in [-0.05, 0) is 47.5 Å². The molecule has 2 aromatic heterocycles. The van der Waals surface area contributed by atoms with Crippen LogP contribution in [0.3, 0.4) is 0 Å². The summed E-state index contributed by atoms with van der Waals surface area (Å²) in [5.74, 6) is 0.310. The number of aromatic amines is 1. The maximum atomic E-state index is 9.76. The van der Waals surface area contributed by atoms with E-state index in [-0.39, 0.29) is 0 Å². The Hall–Kier alpha value is -3.95. The molecule has 0 saturated heterocycles. The van der Waals surface area contributed by atoms with Crippen LogP contribution in [0, 0.1) is 22.7 Å². The van der Waals surface area contributed by atoms with Gasteiger partial charge < -0.3 is 10.2 Å². The van der Waals surface area contributed by atoms with Gasteiger partial charge in [0.05, 0.1) is 11.1 Å². The highest BCUT2D eigenvalue weighted by Crippen LogP contribution is 2.39. The third-order valence-corrected chi connectivity index (χ3v) is 7.26. The molecule has 6 rings (SSSR count). The van der Waals surface area contributed by atoms with Gasteiger partial charge in [-0.2, -0.15) is 15.3 Å². The lowest BCUT2D eigenvalue weighted by molar-refractivity contribution is 0.187. The minimum Gasteiger partial charge on any atom is -0.427 e. The zero-order chi connectivity index (χ0) is 28.6. The van der Waals surface area contributed by atoms with Crippen molar-refractivity contribution in [2.45, 2.75) is 0 Å². The fraction of sp³-hybridized carbons (Fsp3) is 0. The average Bonchev–Trinajstić information content (AvgIpc) is 3.54. The van der Waals surface area contributed by atoms with E-state index in [1.54, 1.807) is 54.7 Å². The number of hydrogen-bond acceptors (Lipinski definition) is 5. The van der Waals surface area contributed by atoms with Gasteiger partial charge in [-0.25, -0.2) is 9.97 Å². The van der Waals surface area contributed by atoms with Crippen molar-refractivity contribution < 1.29 is 5.21 Å². The Labute approximate surface area is 252 Å². The molecule has 0 aliphatic carbocycles. The first-order valence-corrected chi connectivity index (χ1v) is 13.2. The van der Waals surface area contributed by atoms with Gasteiger partial charge in [0.25, 0.3) is 0 Å². The van der Waals surface area contributed by atoms with E-state index in [9.17, 15) is 10.5 Å². The Bertz CT molecular complexity index is 1970. The van der Waals surface area contributed by atoms with Crippen LogP contribution in [0.1, 0.15) is 11.1 Å². The van der Waals surface area contributed by atoms with Crippen LogP contribution in [0.25, 0.3) is 44.7 Å². The molecule has 2 N–H and O–H groups in total. The van der Waals surface area contributed by atoms with Crippen molar-refractivity contribution in [3.63, 3.8) is 0 Å². The first kappa shape index (κ1) is 27.6. The molecule has 0 radical (unpaired) electrons. The lowest BCUT2D eigenvalue weighted by Crippen LogP contribution is -2.00. The number of rotatable bonds is 2. The predicted octanol–water partition coefficient (Wildman–Crippen LogP) is 9.13. The van der Waals surface area contributed by atoms with Gasteiger partial charge in [0.1, 0.15) is 22.9 Å². The van der Waals surface area contributed by atoms with Gasteiger partial charge in [-0.3, -0.25) is 0 Å². The molecule has 12 heteroatoms. The number of nitrogens with one attached hydrogen (secondary N) is 1. The summed E-state index contributed by atoms with van der Waals surface area (Å²) in [5, 5.41) is 31.2. The quantitative estimate of drug-likeness (QED) is 0.147. The minimum absolute atomic E-state index is 0.310. The predicted molar refractivity (Wildman–Crippen MR) is 157 cm³/mol. The van der Waals surface area contributed by atoms with Crippen LogP contribution in [-0.2, 0) is 0 Å².